The van der Waals surface area contributed by atoms with Gasteiger partial charge in [-0.15, -0.1) is 0 Å². The lowest BCUT2D eigenvalue weighted by molar-refractivity contribution is 0.119. The highest BCUT2D eigenvalue weighted by Crippen LogP contribution is 2.39. The lowest BCUT2D eigenvalue weighted by Gasteiger charge is -2.34. The molecule has 2 atom stereocenters. The second-order valence-corrected chi connectivity index (χ2v) is 13.8. The summed E-state index contributed by atoms with van der Waals surface area (Å²) >= 11 is 6.23. The van der Waals surface area contributed by atoms with E-state index in [0.717, 1.165) is 29.2 Å². The molecule has 32 heavy (non-hydrogen) atoms. The van der Waals surface area contributed by atoms with Crippen LogP contribution in [0.15, 0.2) is 18.5 Å². The van der Waals surface area contributed by atoms with Crippen LogP contribution in [0, 0.1) is 0 Å². The van der Waals surface area contributed by atoms with E-state index in [1.165, 1.54) is 0 Å². The van der Waals surface area contributed by atoms with Crippen molar-refractivity contribution >= 4 is 43.2 Å². The topological polar surface area (TPSA) is 112 Å². The third kappa shape index (κ3) is 5.43. The van der Waals surface area contributed by atoms with Gasteiger partial charge in [0.15, 0.2) is 9.84 Å². The highest BCUT2D eigenvalue weighted by molar-refractivity contribution is 7.92. The van der Waals surface area contributed by atoms with E-state index in [0.29, 0.717) is 30.3 Å². The van der Waals surface area contributed by atoms with E-state index in [9.17, 15) is 12.6 Å². The Morgan fingerprint density at radius 2 is 1.94 bits per heavy atom. The Labute approximate surface area is 198 Å². The van der Waals surface area contributed by atoms with E-state index in [1.807, 2.05) is 13.8 Å². The van der Waals surface area contributed by atoms with Crippen molar-refractivity contribution in [3.05, 3.63) is 29.2 Å². The van der Waals surface area contributed by atoms with Gasteiger partial charge in [-0.05, 0) is 49.6 Å². The number of ether oxygens (including phenoxy) is 1. The number of nitrogens with two attached hydrogens (primary N) is 1. The average molecular weight is 502 g/mol. The number of sulfone groups is 1. The van der Waals surface area contributed by atoms with Gasteiger partial charge >= 0.3 is 0 Å². The molecule has 3 rings (SSSR count). The minimum Gasteiger partial charge on any atom is -0.474 e. The molecular weight excluding hydrogens is 470 g/mol. The number of nitrogens with zero attached hydrogens (tertiary/aromatic N) is 2. The van der Waals surface area contributed by atoms with E-state index in [2.05, 4.69) is 16.9 Å². The molecular formula is C22H32ClN3O4S2. The third-order valence-electron chi connectivity index (χ3n) is 6.33. The van der Waals surface area contributed by atoms with Gasteiger partial charge in [0, 0.05) is 31.0 Å². The Bertz CT molecular complexity index is 1100. The Kier molecular flexibility index (Phi) is 7.85. The van der Waals surface area contributed by atoms with Crippen LogP contribution in [0.25, 0.3) is 10.8 Å². The number of halogens is 1. The summed E-state index contributed by atoms with van der Waals surface area (Å²) in [7, 11) is -4.51. The lowest BCUT2D eigenvalue weighted by Crippen LogP contribution is -2.43. The van der Waals surface area contributed by atoms with Crippen LogP contribution in [0.2, 0.25) is 5.15 Å². The van der Waals surface area contributed by atoms with E-state index in [1.54, 1.807) is 25.4 Å². The molecule has 1 aliphatic rings. The van der Waals surface area contributed by atoms with E-state index >= 15 is 0 Å². The molecule has 2 heterocycles. The van der Waals surface area contributed by atoms with Gasteiger partial charge in [0.2, 0.25) is 5.88 Å². The number of hydrogen-bond donors (Lipinski definition) is 1. The summed E-state index contributed by atoms with van der Waals surface area (Å²) in [6.45, 7) is 7.59. The van der Waals surface area contributed by atoms with Crippen molar-refractivity contribution in [1.82, 2.24) is 9.97 Å². The maximum Gasteiger partial charge on any atom is 0.223 e. The third-order valence-corrected chi connectivity index (χ3v) is 10.0. The summed E-state index contributed by atoms with van der Waals surface area (Å²) in [5.41, 5.74) is 0.997. The fourth-order valence-corrected chi connectivity index (χ4v) is 6.23. The number of rotatable bonds is 10. The van der Waals surface area contributed by atoms with Crippen molar-refractivity contribution in [3.63, 3.8) is 0 Å². The average Bonchev–Trinajstić information content (AvgIpc) is 2.69. The van der Waals surface area contributed by atoms with Crippen molar-refractivity contribution in [2.75, 3.05) is 5.75 Å². The molecule has 0 bridgehead atoms. The van der Waals surface area contributed by atoms with Gasteiger partial charge in [-0.25, -0.2) is 22.6 Å². The Morgan fingerprint density at radius 1 is 1.25 bits per heavy atom. The zero-order valence-electron chi connectivity index (χ0n) is 19.0. The molecule has 10 heteroatoms. The summed E-state index contributed by atoms with van der Waals surface area (Å²) in [4.78, 5) is 8.80. The minimum atomic E-state index is -3.05. The van der Waals surface area contributed by atoms with Gasteiger partial charge in [-0.2, -0.15) is 0 Å². The first-order valence-corrected chi connectivity index (χ1v) is 14.3. The van der Waals surface area contributed by atoms with Crippen molar-refractivity contribution in [3.8, 4) is 5.88 Å². The molecule has 0 saturated heterocycles. The van der Waals surface area contributed by atoms with Crippen LogP contribution in [0.3, 0.4) is 0 Å². The molecule has 2 aromatic heterocycles. The highest BCUT2D eigenvalue weighted by atomic mass is 35.5. The molecule has 1 aliphatic carbocycles. The molecule has 7 nitrogen and oxygen atoms in total. The molecule has 0 amide bonds. The van der Waals surface area contributed by atoms with E-state index < -0.39 is 25.6 Å². The van der Waals surface area contributed by atoms with Gasteiger partial charge < -0.3 is 4.74 Å². The highest BCUT2D eigenvalue weighted by Gasteiger charge is 2.39. The molecule has 2 aromatic rings. The summed E-state index contributed by atoms with van der Waals surface area (Å²) < 4.78 is 41.7. The van der Waals surface area contributed by atoms with Crippen LogP contribution in [0.4, 0.5) is 0 Å². The van der Waals surface area contributed by atoms with Crippen molar-refractivity contribution < 1.29 is 17.4 Å². The number of pyridine rings is 2. The molecule has 1 unspecified atom stereocenters. The second kappa shape index (κ2) is 9.91. The lowest BCUT2D eigenvalue weighted by atomic mass is 9.85. The maximum absolute atomic E-state index is 12.1. The fourth-order valence-electron chi connectivity index (χ4n) is 4.22. The number of fused-ring (bicyclic) bond motifs is 1. The molecule has 178 valence electrons. The zero-order valence-corrected chi connectivity index (χ0v) is 21.4. The Morgan fingerprint density at radius 3 is 2.53 bits per heavy atom. The summed E-state index contributed by atoms with van der Waals surface area (Å²) in [6, 6.07) is 1.81. The van der Waals surface area contributed by atoms with Crippen LogP contribution in [-0.2, 0) is 20.8 Å². The van der Waals surface area contributed by atoms with Crippen LogP contribution in [-0.4, -0.2) is 44.4 Å². The van der Waals surface area contributed by atoms with E-state index in [-0.39, 0.29) is 23.0 Å². The molecule has 1 fully saturated rings. The van der Waals surface area contributed by atoms with E-state index in [4.69, 9.17) is 21.5 Å². The molecule has 0 aromatic carbocycles. The van der Waals surface area contributed by atoms with Crippen molar-refractivity contribution in [2.45, 2.75) is 81.8 Å². The first-order valence-electron chi connectivity index (χ1n) is 11.0. The Hall–Kier alpha value is -1.29. The summed E-state index contributed by atoms with van der Waals surface area (Å²) in [6.07, 6.45) is 6.67. The largest absolute Gasteiger partial charge is 0.474 e. The van der Waals surface area contributed by atoms with Gasteiger partial charge in [-0.1, -0.05) is 31.9 Å². The molecule has 1 saturated carbocycles. The standard InChI is InChI=1S/C22H32ClN3O4S2/c1-5-7-14(11-22(3,4)31(24)27)18-12-26-21(19-13-25-20(23)10-17(18)19)30-15-8-16(9-15)32(28,29)6-2/h10,12-16H,5-9,11,24H2,1-4H3/t14-,15?,16?,31?/m1/s1. The van der Waals surface area contributed by atoms with Gasteiger partial charge in [0.05, 0.1) is 26.4 Å². The van der Waals surface area contributed by atoms with Crippen molar-refractivity contribution in [1.29, 1.82) is 0 Å². The van der Waals surface area contributed by atoms with Crippen LogP contribution < -0.4 is 9.88 Å². The SMILES string of the molecule is CCC[C@H](CC(C)(C)S(N)=O)c1cnc(OC2CC(S(=O)(=O)CC)C2)c2cnc(Cl)cc12. The molecule has 2 N–H and O–H groups in total. The zero-order chi connectivity index (χ0) is 23.7. The molecule has 0 spiro atoms. The predicted molar refractivity (Wildman–Crippen MR) is 130 cm³/mol. The normalized spacial score (nSPS) is 21.2. The summed E-state index contributed by atoms with van der Waals surface area (Å²) in [5, 5.41) is 7.40. The first kappa shape index (κ1) is 25.3. The minimum absolute atomic E-state index is 0.0906. The van der Waals surface area contributed by atoms with Gasteiger partial charge in [0.1, 0.15) is 11.3 Å². The predicted octanol–water partition coefficient (Wildman–Crippen LogP) is 4.30. The van der Waals surface area contributed by atoms with Crippen LogP contribution in [0.5, 0.6) is 5.88 Å². The van der Waals surface area contributed by atoms with Crippen LogP contribution in [0.1, 0.15) is 71.3 Å². The maximum atomic E-state index is 12.1. The smallest absolute Gasteiger partial charge is 0.223 e. The first-order chi connectivity index (χ1) is 15.0. The van der Waals surface area contributed by atoms with Gasteiger partial charge in [-0.3, -0.25) is 5.14 Å². The fraction of sp³-hybridized carbons (Fsp3) is 0.636. The number of aromatic nitrogens is 2. The monoisotopic (exact) mass is 501 g/mol. The van der Waals surface area contributed by atoms with Crippen molar-refractivity contribution in [2.24, 2.45) is 5.14 Å². The second-order valence-electron chi connectivity index (χ2n) is 9.10. The van der Waals surface area contributed by atoms with Crippen LogP contribution >= 0.6 is 11.6 Å². The Balaban J connectivity index is 1.93. The molecule has 0 aliphatic heterocycles. The number of hydrogen-bond acceptors (Lipinski definition) is 6. The molecule has 0 radical (unpaired) electrons. The summed E-state index contributed by atoms with van der Waals surface area (Å²) in [5.74, 6) is 0.667. The quantitative estimate of drug-likeness (QED) is 0.485. The van der Waals surface area contributed by atoms with Gasteiger partial charge in [0.25, 0.3) is 0 Å².